The van der Waals surface area contributed by atoms with Crippen molar-refractivity contribution in [2.75, 3.05) is 39.8 Å². The summed E-state index contributed by atoms with van der Waals surface area (Å²) in [6.45, 7) is 9.55. The van der Waals surface area contributed by atoms with Crippen LogP contribution in [0.3, 0.4) is 0 Å². The van der Waals surface area contributed by atoms with Gasteiger partial charge < -0.3 is 24.6 Å². The molecule has 128 valence electrons. The van der Waals surface area contributed by atoms with Crippen molar-refractivity contribution in [1.29, 1.82) is 0 Å². The van der Waals surface area contributed by atoms with E-state index in [1.165, 1.54) is 0 Å². The van der Waals surface area contributed by atoms with Crippen molar-refractivity contribution in [3.8, 4) is 0 Å². The Kier molecular flexibility index (Phi) is 13.2. The highest BCUT2D eigenvalue weighted by Crippen LogP contribution is 2.02. The molecular weight excluding hydrogens is 274 g/mol. The molecule has 21 heavy (non-hydrogen) atoms. The molecule has 4 N–H and O–H groups in total. The number of ether oxygens (including phenoxy) is 2. The van der Waals surface area contributed by atoms with Gasteiger partial charge in [0.05, 0.1) is 12.7 Å². The molecule has 0 aliphatic heterocycles. The molecule has 0 saturated heterocycles. The summed E-state index contributed by atoms with van der Waals surface area (Å²) in [7, 11) is 1.60. The maximum Gasteiger partial charge on any atom is 0.213 e. The summed E-state index contributed by atoms with van der Waals surface area (Å²) in [5.74, 6) is 0. The standard InChI is InChI=1S/C14H33N3O4/c1-5-8-9-16-14(19)21-12(10-17(6-2)7-3)11-20-13(18)15-4/h12-16,18-19H,5-11H2,1-4H3. The van der Waals surface area contributed by atoms with E-state index >= 15 is 0 Å². The van der Waals surface area contributed by atoms with Crippen LogP contribution in [0.4, 0.5) is 0 Å². The third kappa shape index (κ3) is 11.0. The Morgan fingerprint density at radius 1 is 1.10 bits per heavy atom. The van der Waals surface area contributed by atoms with Gasteiger partial charge in [0.1, 0.15) is 0 Å². The second-order valence-corrected chi connectivity index (χ2v) is 4.88. The Hall–Kier alpha value is -0.280. The number of unbranched alkanes of at least 4 members (excludes halogenated alkanes) is 1. The van der Waals surface area contributed by atoms with Crippen molar-refractivity contribution >= 4 is 0 Å². The van der Waals surface area contributed by atoms with Crippen molar-refractivity contribution in [3.05, 3.63) is 0 Å². The lowest BCUT2D eigenvalue weighted by molar-refractivity contribution is -0.198. The summed E-state index contributed by atoms with van der Waals surface area (Å²) in [6, 6.07) is 0. The minimum absolute atomic E-state index is 0.199. The fourth-order valence-corrected chi connectivity index (χ4v) is 1.82. The molecule has 0 bridgehead atoms. The maximum absolute atomic E-state index is 9.84. The summed E-state index contributed by atoms with van der Waals surface area (Å²) in [5.41, 5.74) is 0. The Balaban J connectivity index is 4.27. The van der Waals surface area contributed by atoms with Gasteiger partial charge in [-0.2, -0.15) is 0 Å². The zero-order chi connectivity index (χ0) is 16.1. The normalized spacial score (nSPS) is 16.1. The molecule has 0 aliphatic rings. The highest BCUT2D eigenvalue weighted by molar-refractivity contribution is 4.65. The van der Waals surface area contributed by atoms with E-state index in [0.29, 0.717) is 13.1 Å². The van der Waals surface area contributed by atoms with Gasteiger partial charge in [0.15, 0.2) is 0 Å². The molecule has 3 unspecified atom stereocenters. The van der Waals surface area contributed by atoms with Gasteiger partial charge in [0.2, 0.25) is 12.8 Å². The first kappa shape index (κ1) is 20.7. The Morgan fingerprint density at radius 3 is 2.29 bits per heavy atom. The van der Waals surface area contributed by atoms with E-state index in [9.17, 15) is 10.2 Å². The molecule has 0 aromatic heterocycles. The van der Waals surface area contributed by atoms with Gasteiger partial charge in [-0.1, -0.05) is 27.2 Å². The summed E-state index contributed by atoms with van der Waals surface area (Å²) in [5, 5.41) is 24.7. The molecule has 0 aromatic rings. The quantitative estimate of drug-likeness (QED) is 0.263. The van der Waals surface area contributed by atoms with Gasteiger partial charge in [-0.3, -0.25) is 10.6 Å². The first-order valence-corrected chi connectivity index (χ1v) is 7.83. The molecule has 0 spiro atoms. The van der Waals surface area contributed by atoms with Crippen LogP contribution in [0, 0.1) is 0 Å². The van der Waals surface area contributed by atoms with Gasteiger partial charge in [-0.05, 0) is 33.1 Å². The van der Waals surface area contributed by atoms with E-state index in [1.54, 1.807) is 7.05 Å². The predicted molar refractivity (Wildman–Crippen MR) is 82.6 cm³/mol. The monoisotopic (exact) mass is 307 g/mol. The van der Waals surface area contributed by atoms with Gasteiger partial charge in [-0.25, -0.2) is 0 Å². The van der Waals surface area contributed by atoms with Crippen molar-refractivity contribution in [2.45, 2.75) is 52.5 Å². The summed E-state index contributed by atoms with van der Waals surface area (Å²) in [4.78, 5) is 2.18. The Labute approximate surface area is 128 Å². The second-order valence-electron chi connectivity index (χ2n) is 4.88. The van der Waals surface area contributed by atoms with Crippen molar-refractivity contribution < 1.29 is 19.7 Å². The second kappa shape index (κ2) is 13.4. The SMILES string of the molecule is CCCCNC(O)OC(COC(O)NC)CN(CC)CC. The lowest BCUT2D eigenvalue weighted by Crippen LogP contribution is -2.44. The molecule has 7 nitrogen and oxygen atoms in total. The van der Waals surface area contributed by atoms with Crippen molar-refractivity contribution in [1.82, 2.24) is 15.5 Å². The van der Waals surface area contributed by atoms with E-state index in [2.05, 4.69) is 36.3 Å². The van der Waals surface area contributed by atoms with Crippen LogP contribution >= 0.6 is 0 Å². The molecule has 0 saturated carbocycles. The van der Waals surface area contributed by atoms with E-state index in [-0.39, 0.29) is 12.7 Å². The highest BCUT2D eigenvalue weighted by Gasteiger charge is 2.18. The number of nitrogens with zero attached hydrogens (tertiary/aromatic N) is 1. The van der Waals surface area contributed by atoms with E-state index in [0.717, 1.165) is 25.9 Å². The zero-order valence-electron chi connectivity index (χ0n) is 13.8. The van der Waals surface area contributed by atoms with E-state index < -0.39 is 12.8 Å². The van der Waals surface area contributed by atoms with Crippen LogP contribution < -0.4 is 10.6 Å². The van der Waals surface area contributed by atoms with Gasteiger partial charge in [0, 0.05) is 6.54 Å². The minimum Gasteiger partial charge on any atom is -0.356 e. The molecule has 0 heterocycles. The smallest absolute Gasteiger partial charge is 0.213 e. The number of rotatable bonds is 14. The summed E-state index contributed by atoms with van der Waals surface area (Å²) < 4.78 is 10.8. The topological polar surface area (TPSA) is 86.2 Å². The largest absolute Gasteiger partial charge is 0.356 e. The number of hydrogen-bond donors (Lipinski definition) is 4. The number of likely N-dealkylation sites (N-methyl/N-ethyl adjacent to an activating group) is 1. The molecular formula is C14H33N3O4. The van der Waals surface area contributed by atoms with Gasteiger partial charge >= 0.3 is 0 Å². The average molecular weight is 307 g/mol. The van der Waals surface area contributed by atoms with Crippen LogP contribution in [0.25, 0.3) is 0 Å². The molecule has 3 atom stereocenters. The van der Waals surface area contributed by atoms with Gasteiger partial charge in [-0.15, -0.1) is 0 Å². The fourth-order valence-electron chi connectivity index (χ4n) is 1.82. The third-order valence-corrected chi connectivity index (χ3v) is 3.21. The van der Waals surface area contributed by atoms with E-state index in [1.807, 2.05) is 0 Å². The number of nitrogens with one attached hydrogen (secondary N) is 2. The Morgan fingerprint density at radius 2 is 1.76 bits per heavy atom. The third-order valence-electron chi connectivity index (χ3n) is 3.21. The van der Waals surface area contributed by atoms with E-state index in [4.69, 9.17) is 9.47 Å². The van der Waals surface area contributed by atoms with Crippen LogP contribution in [0.5, 0.6) is 0 Å². The lowest BCUT2D eigenvalue weighted by Gasteiger charge is -2.28. The average Bonchev–Trinajstić information content (AvgIpc) is 2.49. The van der Waals surface area contributed by atoms with Crippen molar-refractivity contribution in [3.63, 3.8) is 0 Å². The van der Waals surface area contributed by atoms with Gasteiger partial charge in [0.25, 0.3) is 0 Å². The van der Waals surface area contributed by atoms with Crippen LogP contribution in [-0.4, -0.2) is 73.9 Å². The Bertz CT molecular complexity index is 230. The number of aliphatic hydroxyl groups excluding tert-OH is 2. The maximum atomic E-state index is 9.84. The minimum atomic E-state index is -1.03. The van der Waals surface area contributed by atoms with Crippen LogP contribution in [0.2, 0.25) is 0 Å². The zero-order valence-corrected chi connectivity index (χ0v) is 13.8. The van der Waals surface area contributed by atoms with Crippen LogP contribution in [0.15, 0.2) is 0 Å². The molecule has 0 aliphatic carbocycles. The highest BCUT2D eigenvalue weighted by atomic mass is 16.7. The first-order valence-electron chi connectivity index (χ1n) is 7.83. The predicted octanol–water partition coefficient (Wildman–Crippen LogP) is -0.109. The molecule has 0 radical (unpaired) electrons. The molecule has 0 rings (SSSR count). The first-order chi connectivity index (χ1) is 10.1. The van der Waals surface area contributed by atoms with Crippen LogP contribution in [-0.2, 0) is 9.47 Å². The molecule has 0 aromatic carbocycles. The van der Waals surface area contributed by atoms with Crippen LogP contribution in [0.1, 0.15) is 33.6 Å². The summed E-state index contributed by atoms with van der Waals surface area (Å²) >= 11 is 0. The molecule has 0 fully saturated rings. The number of hydrogen-bond acceptors (Lipinski definition) is 7. The summed E-state index contributed by atoms with van der Waals surface area (Å²) in [6.07, 6.45) is -0.335. The fraction of sp³-hybridized carbons (Fsp3) is 1.00. The molecule has 0 amide bonds. The molecule has 7 heteroatoms. The lowest BCUT2D eigenvalue weighted by atomic mass is 10.3. The number of aliphatic hydroxyl groups is 2. The van der Waals surface area contributed by atoms with Crippen molar-refractivity contribution in [2.24, 2.45) is 0 Å².